The molecule has 1 aromatic heterocycles. The fourth-order valence-electron chi connectivity index (χ4n) is 6.49. The molecule has 8 nitrogen and oxygen atoms in total. The van der Waals surface area contributed by atoms with Gasteiger partial charge in [0, 0.05) is 72.8 Å². The highest BCUT2D eigenvalue weighted by molar-refractivity contribution is 6.34. The average molecular weight is 724 g/mol. The lowest BCUT2D eigenvalue weighted by atomic mass is 9.96. The molecule has 1 N–H and O–H groups in total. The SMILES string of the molecule is CC(C)(C)OC(=O)N1CCN(CCNCCCCCc2cc(Cl)c(COC3(c4cnccc4-c4ccccc4OC4CC4)CC3)cc2Cl)CC1. The van der Waals surface area contributed by atoms with E-state index in [0.717, 1.165) is 123 Å². The number of benzene rings is 2. The maximum Gasteiger partial charge on any atom is 0.410 e. The van der Waals surface area contributed by atoms with Crippen LogP contribution in [0.2, 0.25) is 10.0 Å². The standard InChI is InChI=1S/C40H52Cl2N4O4/c1-39(2,3)50-38(47)46-23-21-45(22-24-46)20-19-43-17-8-4-5-9-29-25-36(42)30(26-35(29)41)28-48-40(15-16-40)34-27-44-18-14-32(34)33-10-6-7-11-37(33)49-31-12-13-31/h6-7,10-11,14,18,25-27,31,43H,4-5,8-9,12-13,15-17,19-24,28H2,1-3H3. The summed E-state index contributed by atoms with van der Waals surface area (Å²) in [5.41, 5.74) is 4.43. The lowest BCUT2D eigenvalue weighted by Crippen LogP contribution is -2.51. The highest BCUT2D eigenvalue weighted by Gasteiger charge is 2.48. The van der Waals surface area contributed by atoms with Crippen molar-refractivity contribution in [1.29, 1.82) is 0 Å². The molecule has 270 valence electrons. The van der Waals surface area contributed by atoms with E-state index in [-0.39, 0.29) is 6.09 Å². The molecule has 2 aromatic carbocycles. The number of rotatable bonds is 16. The molecule has 6 rings (SSSR count). The normalized spacial score (nSPS) is 17.5. The van der Waals surface area contributed by atoms with E-state index >= 15 is 0 Å². The summed E-state index contributed by atoms with van der Waals surface area (Å²) in [6.45, 7) is 12.2. The molecule has 10 heteroatoms. The molecule has 0 radical (unpaired) electrons. The van der Waals surface area contributed by atoms with Crippen molar-refractivity contribution < 1.29 is 19.0 Å². The van der Waals surface area contributed by atoms with Crippen LogP contribution in [0.25, 0.3) is 11.1 Å². The Hall–Kier alpha value is -2.88. The second kappa shape index (κ2) is 16.6. The third-order valence-corrected chi connectivity index (χ3v) is 10.4. The first kappa shape index (κ1) is 36.9. The first-order valence-electron chi connectivity index (χ1n) is 18.3. The first-order valence-corrected chi connectivity index (χ1v) is 19.1. The van der Waals surface area contributed by atoms with Gasteiger partial charge in [-0.25, -0.2) is 4.79 Å². The Kier molecular flexibility index (Phi) is 12.3. The Balaban J connectivity index is 0.911. The number of carbonyl (C=O) groups is 1. The highest BCUT2D eigenvalue weighted by Crippen LogP contribution is 2.53. The number of pyridine rings is 1. The average Bonchev–Trinajstić information content (AvgIpc) is 4.04. The molecular formula is C40H52Cl2N4O4. The molecule has 0 spiro atoms. The molecule has 3 fully saturated rings. The zero-order chi connectivity index (χ0) is 35.1. The van der Waals surface area contributed by atoms with Crippen molar-refractivity contribution >= 4 is 29.3 Å². The third-order valence-electron chi connectivity index (χ3n) is 9.66. The predicted molar refractivity (Wildman–Crippen MR) is 200 cm³/mol. The minimum Gasteiger partial charge on any atom is -0.490 e. The van der Waals surface area contributed by atoms with Crippen LogP contribution in [0.3, 0.4) is 0 Å². The van der Waals surface area contributed by atoms with Crippen LogP contribution in [-0.4, -0.2) is 78.4 Å². The Morgan fingerprint density at radius 3 is 2.42 bits per heavy atom. The summed E-state index contributed by atoms with van der Waals surface area (Å²) in [6.07, 6.45) is 12.2. The van der Waals surface area contributed by atoms with Gasteiger partial charge in [-0.2, -0.15) is 0 Å². The molecular weight excluding hydrogens is 671 g/mol. The molecule has 3 aliphatic rings. The third kappa shape index (κ3) is 10.1. The number of amides is 1. The van der Waals surface area contributed by atoms with E-state index in [2.05, 4.69) is 39.5 Å². The maximum atomic E-state index is 12.3. The Morgan fingerprint density at radius 1 is 0.940 bits per heavy atom. The summed E-state index contributed by atoms with van der Waals surface area (Å²) < 4.78 is 18.4. The highest BCUT2D eigenvalue weighted by atomic mass is 35.5. The van der Waals surface area contributed by atoms with Gasteiger partial charge in [-0.3, -0.25) is 9.88 Å². The Labute approximate surface area is 307 Å². The molecule has 1 amide bonds. The topological polar surface area (TPSA) is 76.2 Å². The summed E-state index contributed by atoms with van der Waals surface area (Å²) in [6, 6.07) is 14.3. The number of nitrogens with one attached hydrogen (secondary N) is 1. The van der Waals surface area contributed by atoms with Crippen molar-refractivity contribution in [2.24, 2.45) is 0 Å². The fourth-order valence-corrected chi connectivity index (χ4v) is 7.01. The molecule has 2 saturated carbocycles. The van der Waals surface area contributed by atoms with Crippen LogP contribution in [0, 0.1) is 0 Å². The van der Waals surface area contributed by atoms with Gasteiger partial charge in [0.15, 0.2) is 0 Å². The van der Waals surface area contributed by atoms with Gasteiger partial charge in [0.05, 0.1) is 18.3 Å². The van der Waals surface area contributed by atoms with E-state index < -0.39 is 11.2 Å². The maximum absolute atomic E-state index is 12.3. The van der Waals surface area contributed by atoms with E-state index in [0.29, 0.717) is 30.8 Å². The van der Waals surface area contributed by atoms with E-state index in [1.165, 1.54) is 0 Å². The zero-order valence-corrected chi connectivity index (χ0v) is 31.3. The van der Waals surface area contributed by atoms with Crippen LogP contribution in [-0.2, 0) is 28.1 Å². The van der Waals surface area contributed by atoms with Crippen molar-refractivity contribution in [3.8, 4) is 16.9 Å². The number of piperazine rings is 1. The van der Waals surface area contributed by atoms with Crippen LogP contribution in [0.1, 0.15) is 82.4 Å². The monoisotopic (exact) mass is 722 g/mol. The first-order chi connectivity index (χ1) is 24.1. The van der Waals surface area contributed by atoms with Crippen molar-refractivity contribution in [2.75, 3.05) is 45.8 Å². The lowest BCUT2D eigenvalue weighted by molar-refractivity contribution is 0.0146. The smallest absolute Gasteiger partial charge is 0.410 e. The van der Waals surface area contributed by atoms with Crippen molar-refractivity contribution in [2.45, 2.75) is 96.1 Å². The minimum absolute atomic E-state index is 0.210. The molecule has 3 aromatic rings. The van der Waals surface area contributed by atoms with Crippen LogP contribution < -0.4 is 10.1 Å². The summed E-state index contributed by atoms with van der Waals surface area (Å²) in [5.74, 6) is 0.920. The number of halogens is 2. The van der Waals surface area contributed by atoms with Crippen LogP contribution >= 0.6 is 23.2 Å². The summed E-state index contributed by atoms with van der Waals surface area (Å²) >= 11 is 13.6. The fraction of sp³-hybridized carbons (Fsp3) is 0.550. The van der Waals surface area contributed by atoms with E-state index in [4.69, 9.17) is 37.4 Å². The molecule has 0 atom stereocenters. The predicted octanol–water partition coefficient (Wildman–Crippen LogP) is 8.66. The van der Waals surface area contributed by atoms with Gasteiger partial charge < -0.3 is 24.4 Å². The Bertz CT molecular complexity index is 1600. The van der Waals surface area contributed by atoms with E-state index in [1.54, 1.807) is 0 Å². The number of aryl methyl sites for hydroxylation is 1. The van der Waals surface area contributed by atoms with Gasteiger partial charge in [0.1, 0.15) is 11.4 Å². The second-order valence-corrected chi connectivity index (χ2v) is 15.7. The molecule has 2 aliphatic carbocycles. The van der Waals surface area contributed by atoms with Gasteiger partial charge in [-0.1, -0.05) is 47.8 Å². The number of aromatic nitrogens is 1. The molecule has 2 heterocycles. The van der Waals surface area contributed by atoms with Crippen molar-refractivity contribution in [3.63, 3.8) is 0 Å². The van der Waals surface area contributed by atoms with E-state index in [1.807, 2.05) is 56.3 Å². The van der Waals surface area contributed by atoms with Crippen LogP contribution in [0.4, 0.5) is 4.79 Å². The summed E-state index contributed by atoms with van der Waals surface area (Å²) in [4.78, 5) is 21.0. The largest absolute Gasteiger partial charge is 0.490 e. The summed E-state index contributed by atoms with van der Waals surface area (Å²) in [7, 11) is 0. The lowest BCUT2D eigenvalue weighted by Gasteiger charge is -2.35. The molecule has 0 unspecified atom stereocenters. The van der Waals surface area contributed by atoms with Gasteiger partial charge in [-0.05, 0) is 113 Å². The zero-order valence-electron chi connectivity index (χ0n) is 29.8. The number of hydrogen-bond acceptors (Lipinski definition) is 7. The molecule has 1 aliphatic heterocycles. The number of hydrogen-bond donors (Lipinski definition) is 1. The summed E-state index contributed by atoms with van der Waals surface area (Å²) in [5, 5.41) is 5.02. The Morgan fingerprint density at radius 2 is 1.68 bits per heavy atom. The second-order valence-electron chi connectivity index (χ2n) is 14.9. The van der Waals surface area contributed by atoms with Crippen LogP contribution in [0.5, 0.6) is 5.75 Å². The van der Waals surface area contributed by atoms with Gasteiger partial charge in [-0.15, -0.1) is 0 Å². The van der Waals surface area contributed by atoms with E-state index in [9.17, 15) is 4.79 Å². The van der Waals surface area contributed by atoms with Gasteiger partial charge in [0.25, 0.3) is 0 Å². The number of nitrogens with zero attached hydrogens (tertiary/aromatic N) is 3. The van der Waals surface area contributed by atoms with Crippen molar-refractivity contribution in [3.05, 3.63) is 81.6 Å². The number of carbonyl (C=O) groups excluding carboxylic acids is 1. The molecule has 0 bridgehead atoms. The van der Waals surface area contributed by atoms with Gasteiger partial charge in [0.2, 0.25) is 0 Å². The quantitative estimate of drug-likeness (QED) is 0.148. The number of ether oxygens (including phenoxy) is 3. The minimum atomic E-state index is -0.455. The number of unbranched alkanes of at least 4 members (excludes halogenated alkanes) is 2. The molecule has 1 saturated heterocycles. The number of para-hydroxylation sites is 1. The van der Waals surface area contributed by atoms with Crippen LogP contribution in [0.15, 0.2) is 54.9 Å². The van der Waals surface area contributed by atoms with Crippen molar-refractivity contribution in [1.82, 2.24) is 20.1 Å². The van der Waals surface area contributed by atoms with Gasteiger partial charge >= 0.3 is 6.09 Å². The molecule has 50 heavy (non-hydrogen) atoms.